The normalized spacial score (nSPS) is 18.4. The van der Waals surface area contributed by atoms with Gasteiger partial charge in [0.1, 0.15) is 11.9 Å². The van der Waals surface area contributed by atoms with E-state index in [1.165, 1.54) is 28.6 Å². The number of nitrogens with one attached hydrogen (secondary N) is 1. The summed E-state index contributed by atoms with van der Waals surface area (Å²) in [5, 5.41) is 7.40. The number of aromatic nitrogens is 2. The van der Waals surface area contributed by atoms with Crippen LogP contribution in [0.2, 0.25) is 5.02 Å². The molecule has 0 aliphatic carbocycles. The average Bonchev–Trinajstić information content (AvgIpc) is 3.15. The van der Waals surface area contributed by atoms with Crippen molar-refractivity contribution in [3.8, 4) is 0 Å². The van der Waals surface area contributed by atoms with Crippen LogP contribution in [0.5, 0.6) is 0 Å². The fraction of sp³-hybridized carbons (Fsp3) is 0.375. The Morgan fingerprint density at radius 1 is 1.32 bits per heavy atom. The van der Waals surface area contributed by atoms with Gasteiger partial charge in [-0.2, -0.15) is 9.40 Å². The maximum atomic E-state index is 12.9. The molecule has 134 valence electrons. The second-order valence-electron chi connectivity index (χ2n) is 6.01. The van der Waals surface area contributed by atoms with E-state index in [2.05, 4.69) is 10.4 Å². The summed E-state index contributed by atoms with van der Waals surface area (Å²) in [6.07, 6.45) is 1.12. The third kappa shape index (κ3) is 3.56. The lowest BCUT2D eigenvalue weighted by Crippen LogP contribution is -2.43. The monoisotopic (exact) mass is 382 g/mol. The molecule has 7 nitrogen and oxygen atoms in total. The van der Waals surface area contributed by atoms with Crippen LogP contribution >= 0.6 is 11.6 Å². The molecule has 1 N–H and O–H groups in total. The molecule has 0 radical (unpaired) electrons. The fourth-order valence-electron chi connectivity index (χ4n) is 2.97. The van der Waals surface area contributed by atoms with E-state index in [1.807, 2.05) is 6.92 Å². The van der Waals surface area contributed by atoms with Gasteiger partial charge < -0.3 is 5.32 Å². The van der Waals surface area contributed by atoms with Crippen molar-refractivity contribution >= 4 is 33.3 Å². The van der Waals surface area contributed by atoms with Crippen molar-refractivity contribution in [3.05, 3.63) is 41.0 Å². The quantitative estimate of drug-likeness (QED) is 0.878. The Labute approximate surface area is 151 Å². The van der Waals surface area contributed by atoms with Gasteiger partial charge in [-0.25, -0.2) is 8.42 Å². The first-order valence-corrected chi connectivity index (χ1v) is 9.70. The van der Waals surface area contributed by atoms with Gasteiger partial charge in [-0.05, 0) is 44.0 Å². The summed E-state index contributed by atoms with van der Waals surface area (Å²) in [5.74, 6) is 0.191. The van der Waals surface area contributed by atoms with Gasteiger partial charge in [0.25, 0.3) is 0 Å². The van der Waals surface area contributed by atoms with Crippen molar-refractivity contribution < 1.29 is 13.2 Å². The van der Waals surface area contributed by atoms with Crippen molar-refractivity contribution in [1.29, 1.82) is 0 Å². The zero-order valence-electron chi connectivity index (χ0n) is 13.9. The standard InChI is InChI=1S/C16H19ClN4O3S/c1-11-10-15(20(2)19-11)18-16(22)14-4-3-9-21(14)25(23,24)13-7-5-12(17)6-8-13/h5-8,10,14H,3-4,9H2,1-2H3,(H,18,22). The molecule has 1 fully saturated rings. The number of benzene rings is 1. The van der Waals surface area contributed by atoms with Gasteiger partial charge in [0.05, 0.1) is 10.6 Å². The van der Waals surface area contributed by atoms with Crippen LogP contribution in [0.1, 0.15) is 18.5 Å². The van der Waals surface area contributed by atoms with Gasteiger partial charge in [0, 0.05) is 24.7 Å². The number of amides is 1. The maximum Gasteiger partial charge on any atom is 0.243 e. The molecule has 2 heterocycles. The van der Waals surface area contributed by atoms with E-state index in [1.54, 1.807) is 17.8 Å². The molecule has 0 bridgehead atoms. The summed E-state index contributed by atoms with van der Waals surface area (Å²) in [7, 11) is -2.03. The van der Waals surface area contributed by atoms with E-state index in [0.29, 0.717) is 30.2 Å². The van der Waals surface area contributed by atoms with Crippen LogP contribution < -0.4 is 5.32 Å². The molecule has 1 saturated heterocycles. The Kier molecular flexibility index (Phi) is 4.86. The zero-order valence-corrected chi connectivity index (χ0v) is 15.5. The predicted molar refractivity (Wildman–Crippen MR) is 94.9 cm³/mol. The molecular formula is C16H19ClN4O3S. The predicted octanol–water partition coefficient (Wildman–Crippen LogP) is 2.17. The minimum absolute atomic E-state index is 0.132. The fourth-order valence-corrected chi connectivity index (χ4v) is 4.75. The van der Waals surface area contributed by atoms with E-state index in [-0.39, 0.29) is 10.8 Å². The first kappa shape index (κ1) is 17.9. The molecule has 1 atom stereocenters. The van der Waals surface area contributed by atoms with E-state index < -0.39 is 16.1 Å². The molecule has 1 aromatic carbocycles. The molecule has 3 rings (SSSR count). The number of nitrogens with zero attached hydrogens (tertiary/aromatic N) is 3. The molecule has 1 amide bonds. The first-order chi connectivity index (χ1) is 11.8. The van der Waals surface area contributed by atoms with E-state index in [4.69, 9.17) is 11.6 Å². The number of rotatable bonds is 4. The van der Waals surface area contributed by atoms with Gasteiger partial charge in [-0.3, -0.25) is 9.48 Å². The number of hydrogen-bond donors (Lipinski definition) is 1. The zero-order chi connectivity index (χ0) is 18.2. The number of aryl methyl sites for hydroxylation is 2. The smallest absolute Gasteiger partial charge is 0.243 e. The Bertz CT molecular complexity index is 893. The highest BCUT2D eigenvalue weighted by atomic mass is 35.5. The average molecular weight is 383 g/mol. The highest BCUT2D eigenvalue weighted by Crippen LogP contribution is 2.27. The van der Waals surface area contributed by atoms with Crippen LogP contribution in [-0.2, 0) is 21.9 Å². The van der Waals surface area contributed by atoms with E-state index in [0.717, 1.165) is 5.69 Å². The topological polar surface area (TPSA) is 84.3 Å². The Morgan fingerprint density at radius 2 is 2.00 bits per heavy atom. The van der Waals surface area contributed by atoms with Gasteiger partial charge in [-0.1, -0.05) is 11.6 Å². The minimum atomic E-state index is -3.76. The van der Waals surface area contributed by atoms with Crippen LogP contribution in [0.3, 0.4) is 0 Å². The van der Waals surface area contributed by atoms with Crippen molar-refractivity contribution in [2.45, 2.75) is 30.7 Å². The third-order valence-corrected chi connectivity index (χ3v) is 6.35. The number of carbonyl (C=O) groups excluding carboxylic acids is 1. The Hall–Kier alpha value is -1.90. The highest BCUT2D eigenvalue weighted by Gasteiger charge is 2.39. The van der Waals surface area contributed by atoms with Gasteiger partial charge in [0.2, 0.25) is 15.9 Å². The molecule has 1 aliphatic rings. The van der Waals surface area contributed by atoms with E-state index >= 15 is 0 Å². The van der Waals surface area contributed by atoms with Crippen LogP contribution in [0.15, 0.2) is 35.2 Å². The van der Waals surface area contributed by atoms with Crippen LogP contribution in [0.4, 0.5) is 5.82 Å². The summed E-state index contributed by atoms with van der Waals surface area (Å²) in [5.41, 5.74) is 0.773. The van der Waals surface area contributed by atoms with Crippen LogP contribution in [0.25, 0.3) is 0 Å². The second kappa shape index (κ2) is 6.78. The number of halogens is 1. The van der Waals surface area contributed by atoms with Crippen molar-refractivity contribution in [2.75, 3.05) is 11.9 Å². The maximum absolute atomic E-state index is 12.9. The summed E-state index contributed by atoms with van der Waals surface area (Å²) < 4.78 is 28.6. The van der Waals surface area contributed by atoms with Gasteiger partial charge in [-0.15, -0.1) is 0 Å². The largest absolute Gasteiger partial charge is 0.310 e. The lowest BCUT2D eigenvalue weighted by atomic mass is 10.2. The molecule has 0 spiro atoms. The molecule has 25 heavy (non-hydrogen) atoms. The molecule has 0 saturated carbocycles. The summed E-state index contributed by atoms with van der Waals surface area (Å²) in [4.78, 5) is 12.8. The Balaban J connectivity index is 1.83. The third-order valence-electron chi connectivity index (χ3n) is 4.18. The highest BCUT2D eigenvalue weighted by molar-refractivity contribution is 7.89. The van der Waals surface area contributed by atoms with Crippen LogP contribution in [-0.4, -0.2) is 41.0 Å². The second-order valence-corrected chi connectivity index (χ2v) is 8.34. The number of carbonyl (C=O) groups is 1. The SMILES string of the molecule is Cc1cc(NC(=O)C2CCCN2S(=O)(=O)c2ccc(Cl)cc2)n(C)n1. The molecule has 9 heteroatoms. The van der Waals surface area contributed by atoms with Gasteiger partial charge >= 0.3 is 0 Å². The van der Waals surface area contributed by atoms with Crippen molar-refractivity contribution in [3.63, 3.8) is 0 Å². The van der Waals surface area contributed by atoms with Crippen molar-refractivity contribution in [2.24, 2.45) is 7.05 Å². The van der Waals surface area contributed by atoms with Crippen LogP contribution in [0, 0.1) is 6.92 Å². The number of anilines is 1. The van der Waals surface area contributed by atoms with Gasteiger partial charge in [0.15, 0.2) is 0 Å². The number of sulfonamides is 1. The summed E-state index contributed by atoms with van der Waals surface area (Å²) in [6.45, 7) is 2.13. The Morgan fingerprint density at radius 3 is 2.60 bits per heavy atom. The van der Waals surface area contributed by atoms with E-state index in [9.17, 15) is 13.2 Å². The molecule has 1 aromatic heterocycles. The molecular weight excluding hydrogens is 364 g/mol. The summed E-state index contributed by atoms with van der Waals surface area (Å²) >= 11 is 5.83. The molecule has 1 aliphatic heterocycles. The molecule has 1 unspecified atom stereocenters. The minimum Gasteiger partial charge on any atom is -0.310 e. The summed E-state index contributed by atoms with van der Waals surface area (Å²) in [6, 6.07) is 6.96. The lowest BCUT2D eigenvalue weighted by molar-refractivity contribution is -0.119. The lowest BCUT2D eigenvalue weighted by Gasteiger charge is -2.23. The number of hydrogen-bond acceptors (Lipinski definition) is 4. The van der Waals surface area contributed by atoms with Crippen molar-refractivity contribution in [1.82, 2.24) is 14.1 Å². The molecule has 2 aromatic rings. The first-order valence-electron chi connectivity index (χ1n) is 7.88.